The van der Waals surface area contributed by atoms with Crippen LogP contribution in [0.5, 0.6) is 0 Å². The van der Waals surface area contributed by atoms with Gasteiger partial charge in [-0.3, -0.25) is 0 Å². The highest BCUT2D eigenvalue weighted by molar-refractivity contribution is 8.17. The molecule has 0 bridgehead atoms. The van der Waals surface area contributed by atoms with E-state index < -0.39 is 0 Å². The molecule has 0 N–H and O–H groups in total. The van der Waals surface area contributed by atoms with Gasteiger partial charge in [0.05, 0.1) is 11.6 Å². The van der Waals surface area contributed by atoms with Crippen molar-refractivity contribution in [1.82, 2.24) is 0 Å². The van der Waals surface area contributed by atoms with Crippen molar-refractivity contribution >= 4 is 10.9 Å². The second-order valence-corrected chi connectivity index (χ2v) is 6.20. The number of thiol groups is 1. The summed E-state index contributed by atoms with van der Waals surface area (Å²) in [5, 5.41) is 8.69. The smallest absolute Gasteiger partial charge is 0.0991 e. The summed E-state index contributed by atoms with van der Waals surface area (Å²) in [5.74, 6) is 2.78. The van der Waals surface area contributed by atoms with Gasteiger partial charge in [-0.1, -0.05) is 6.42 Å². The molecule has 1 heterocycles. The maximum absolute atomic E-state index is 8.69. The zero-order valence-corrected chi connectivity index (χ0v) is 9.13. The molecule has 1 saturated heterocycles. The molecule has 0 spiro atoms. The Bertz CT molecular complexity index is 330. The van der Waals surface area contributed by atoms with Crippen LogP contribution in [0.2, 0.25) is 0 Å². The van der Waals surface area contributed by atoms with Crippen molar-refractivity contribution in [3.63, 3.8) is 0 Å². The molecule has 1 fully saturated rings. The van der Waals surface area contributed by atoms with Gasteiger partial charge < -0.3 is 0 Å². The van der Waals surface area contributed by atoms with Crippen molar-refractivity contribution in [3.05, 3.63) is 29.8 Å². The minimum absolute atomic E-state index is 0.106. The van der Waals surface area contributed by atoms with E-state index in [2.05, 4.69) is 18.2 Å². The molecular formula is C12H15NS. The van der Waals surface area contributed by atoms with Crippen LogP contribution in [0.1, 0.15) is 24.8 Å². The van der Waals surface area contributed by atoms with E-state index in [4.69, 9.17) is 5.26 Å². The van der Waals surface area contributed by atoms with Gasteiger partial charge >= 0.3 is 0 Å². The van der Waals surface area contributed by atoms with Gasteiger partial charge in [-0.05, 0) is 53.5 Å². The van der Waals surface area contributed by atoms with E-state index >= 15 is 0 Å². The number of benzene rings is 1. The summed E-state index contributed by atoms with van der Waals surface area (Å²) in [7, 11) is 0.106. The van der Waals surface area contributed by atoms with Crippen LogP contribution < -0.4 is 0 Å². The predicted octanol–water partition coefficient (Wildman–Crippen LogP) is 3.10. The van der Waals surface area contributed by atoms with Gasteiger partial charge in [0.25, 0.3) is 0 Å². The van der Waals surface area contributed by atoms with Crippen molar-refractivity contribution < 1.29 is 0 Å². The summed E-state index contributed by atoms with van der Waals surface area (Å²) < 4.78 is 0. The third kappa shape index (κ3) is 2.10. The monoisotopic (exact) mass is 205 g/mol. The Labute approximate surface area is 88.1 Å². The summed E-state index contributed by atoms with van der Waals surface area (Å²) in [5.41, 5.74) is 0.778. The van der Waals surface area contributed by atoms with E-state index in [1.165, 1.54) is 35.7 Å². The van der Waals surface area contributed by atoms with Gasteiger partial charge in [0, 0.05) is 0 Å². The van der Waals surface area contributed by atoms with Gasteiger partial charge in [0.2, 0.25) is 0 Å². The molecule has 1 nitrogen and oxygen atoms in total. The molecule has 14 heavy (non-hydrogen) atoms. The molecule has 0 amide bonds. The van der Waals surface area contributed by atoms with Crippen LogP contribution in [0.25, 0.3) is 0 Å². The Hall–Kier alpha value is -0.940. The normalized spacial score (nSPS) is 18.9. The van der Waals surface area contributed by atoms with Gasteiger partial charge in [0.1, 0.15) is 0 Å². The first-order valence-corrected chi connectivity index (χ1v) is 6.86. The van der Waals surface area contributed by atoms with Crippen molar-refractivity contribution in [2.45, 2.75) is 24.2 Å². The van der Waals surface area contributed by atoms with E-state index in [1.807, 2.05) is 12.1 Å². The SMILES string of the molecule is N#Cc1ccc([SH]2CCCCC2)cc1. The highest BCUT2D eigenvalue weighted by atomic mass is 32.2. The fourth-order valence-corrected chi connectivity index (χ4v) is 4.42. The number of nitriles is 1. The van der Waals surface area contributed by atoms with Gasteiger partial charge in [-0.2, -0.15) is 5.26 Å². The van der Waals surface area contributed by atoms with Crippen molar-refractivity contribution in [1.29, 1.82) is 5.26 Å². The first-order valence-electron chi connectivity index (χ1n) is 5.15. The lowest BCUT2D eigenvalue weighted by Gasteiger charge is -2.26. The molecule has 1 aliphatic rings. The van der Waals surface area contributed by atoms with Crippen molar-refractivity contribution in [2.24, 2.45) is 0 Å². The van der Waals surface area contributed by atoms with Crippen LogP contribution in [0.3, 0.4) is 0 Å². The van der Waals surface area contributed by atoms with Crippen molar-refractivity contribution in [2.75, 3.05) is 11.5 Å². The average molecular weight is 205 g/mol. The number of hydrogen-bond acceptors (Lipinski definition) is 1. The first-order chi connectivity index (χ1) is 6.90. The second-order valence-electron chi connectivity index (χ2n) is 3.71. The summed E-state index contributed by atoms with van der Waals surface area (Å²) in [6.45, 7) is 0. The Morgan fingerprint density at radius 3 is 2.21 bits per heavy atom. The zero-order chi connectivity index (χ0) is 9.80. The molecular weight excluding hydrogens is 190 g/mol. The fraction of sp³-hybridized carbons (Fsp3) is 0.417. The molecule has 1 aliphatic heterocycles. The van der Waals surface area contributed by atoms with E-state index in [1.54, 1.807) is 0 Å². The quantitative estimate of drug-likeness (QED) is 0.700. The van der Waals surface area contributed by atoms with Crippen LogP contribution in [-0.4, -0.2) is 11.5 Å². The zero-order valence-electron chi connectivity index (χ0n) is 8.24. The maximum Gasteiger partial charge on any atom is 0.0991 e. The van der Waals surface area contributed by atoms with Gasteiger partial charge in [-0.25, -0.2) is 10.9 Å². The van der Waals surface area contributed by atoms with E-state index in [0.717, 1.165) is 5.56 Å². The van der Waals surface area contributed by atoms with E-state index in [-0.39, 0.29) is 10.9 Å². The summed E-state index contributed by atoms with van der Waals surface area (Å²) in [6.07, 6.45) is 4.20. The Morgan fingerprint density at radius 2 is 1.64 bits per heavy atom. The second kappa shape index (κ2) is 4.52. The van der Waals surface area contributed by atoms with Crippen LogP contribution >= 0.6 is 10.9 Å². The van der Waals surface area contributed by atoms with Gasteiger partial charge in [-0.15, -0.1) is 0 Å². The third-order valence-electron chi connectivity index (χ3n) is 2.72. The molecule has 0 unspecified atom stereocenters. The fourth-order valence-electron chi connectivity index (χ4n) is 1.90. The molecule has 2 rings (SSSR count). The summed E-state index contributed by atoms with van der Waals surface area (Å²) in [4.78, 5) is 1.48. The van der Waals surface area contributed by atoms with Crippen LogP contribution in [0.4, 0.5) is 0 Å². The predicted molar refractivity (Wildman–Crippen MR) is 62.0 cm³/mol. The third-order valence-corrected chi connectivity index (χ3v) is 5.46. The highest BCUT2D eigenvalue weighted by Gasteiger charge is 2.10. The van der Waals surface area contributed by atoms with Crippen LogP contribution in [-0.2, 0) is 0 Å². The Kier molecular flexibility index (Phi) is 3.10. The lowest BCUT2D eigenvalue weighted by atomic mass is 10.2. The lowest BCUT2D eigenvalue weighted by molar-refractivity contribution is 0.758. The number of nitrogens with zero attached hydrogens (tertiary/aromatic N) is 1. The largest absolute Gasteiger partial charge is 0.227 e. The van der Waals surface area contributed by atoms with Crippen molar-refractivity contribution in [3.8, 4) is 6.07 Å². The molecule has 0 aromatic heterocycles. The van der Waals surface area contributed by atoms with Crippen LogP contribution in [0, 0.1) is 11.3 Å². The van der Waals surface area contributed by atoms with Gasteiger partial charge in [0.15, 0.2) is 0 Å². The Balaban J connectivity index is 2.12. The van der Waals surface area contributed by atoms with Crippen LogP contribution in [0.15, 0.2) is 29.2 Å². The highest BCUT2D eigenvalue weighted by Crippen LogP contribution is 2.40. The standard InChI is InChI=1S/C12H15NS/c13-10-11-4-6-12(7-5-11)14-8-2-1-3-9-14/h4-7,14H,1-3,8-9H2. The molecule has 2 heteroatoms. The number of hydrogen-bond donors (Lipinski definition) is 1. The molecule has 74 valence electrons. The molecule has 0 aliphatic carbocycles. The molecule has 1 aromatic carbocycles. The topological polar surface area (TPSA) is 23.8 Å². The first kappa shape index (κ1) is 9.61. The Morgan fingerprint density at radius 1 is 1.00 bits per heavy atom. The molecule has 1 aromatic rings. The van der Waals surface area contributed by atoms with E-state index in [0.29, 0.717) is 0 Å². The maximum atomic E-state index is 8.69. The lowest BCUT2D eigenvalue weighted by Crippen LogP contribution is -2.02. The minimum atomic E-state index is 0.106. The summed E-state index contributed by atoms with van der Waals surface area (Å²) in [6, 6.07) is 10.4. The average Bonchev–Trinajstić information content (AvgIpc) is 2.30. The minimum Gasteiger partial charge on any atom is -0.227 e. The summed E-state index contributed by atoms with van der Waals surface area (Å²) >= 11 is 0. The number of rotatable bonds is 1. The molecule has 0 radical (unpaired) electrons. The van der Waals surface area contributed by atoms with E-state index in [9.17, 15) is 0 Å². The molecule has 0 atom stereocenters. The molecule has 0 saturated carbocycles.